The molecule has 0 radical (unpaired) electrons. The van der Waals surface area contributed by atoms with Crippen molar-refractivity contribution in [1.29, 1.82) is 0 Å². The lowest BCUT2D eigenvalue weighted by atomic mass is 10.1. The maximum Gasteiger partial charge on any atom is 0.118 e. The van der Waals surface area contributed by atoms with Crippen LogP contribution in [0.4, 0.5) is 0 Å². The zero-order valence-corrected chi connectivity index (χ0v) is 11.5. The largest absolute Gasteiger partial charge is 0.497 e. The number of hydrogen-bond donors (Lipinski definition) is 1. The van der Waals surface area contributed by atoms with Crippen molar-refractivity contribution in [2.45, 2.75) is 25.9 Å². The number of benzene rings is 1. The van der Waals surface area contributed by atoms with E-state index in [1.165, 1.54) is 10.4 Å². The van der Waals surface area contributed by atoms with Crippen LogP contribution in [-0.2, 0) is 13.0 Å². The third-order valence-electron chi connectivity index (χ3n) is 2.81. The molecule has 3 nitrogen and oxygen atoms in total. The minimum Gasteiger partial charge on any atom is -0.497 e. The van der Waals surface area contributed by atoms with Gasteiger partial charge in [0, 0.05) is 23.7 Å². The van der Waals surface area contributed by atoms with Gasteiger partial charge in [0.15, 0.2) is 0 Å². The Balaban J connectivity index is 1.80. The van der Waals surface area contributed by atoms with Crippen LogP contribution in [0.25, 0.3) is 0 Å². The number of rotatable bonds is 6. The van der Waals surface area contributed by atoms with E-state index >= 15 is 0 Å². The predicted octanol–water partition coefficient (Wildman–Crippen LogP) is 2.87. The van der Waals surface area contributed by atoms with E-state index in [0.29, 0.717) is 6.04 Å². The lowest BCUT2D eigenvalue weighted by molar-refractivity contribution is 0.414. The van der Waals surface area contributed by atoms with Gasteiger partial charge in [-0.15, -0.1) is 11.3 Å². The fraction of sp³-hybridized carbons (Fsp3) is 0.357. The van der Waals surface area contributed by atoms with Crippen molar-refractivity contribution >= 4 is 11.3 Å². The minimum atomic E-state index is 0.445. The highest BCUT2D eigenvalue weighted by molar-refractivity contribution is 7.09. The van der Waals surface area contributed by atoms with Crippen LogP contribution in [0.5, 0.6) is 5.75 Å². The molecule has 1 heterocycles. The Morgan fingerprint density at radius 1 is 1.33 bits per heavy atom. The first-order valence-corrected chi connectivity index (χ1v) is 6.89. The standard InChI is InChI=1S/C14H18N2OS/c1-11(16-9-14-8-15-10-18-14)7-12-3-5-13(17-2)6-4-12/h3-6,8,10-11,16H,7,9H2,1-2H3. The van der Waals surface area contributed by atoms with Crippen molar-refractivity contribution in [3.8, 4) is 5.75 Å². The molecule has 0 saturated carbocycles. The van der Waals surface area contributed by atoms with Crippen LogP contribution in [0.1, 0.15) is 17.4 Å². The first-order valence-electron chi connectivity index (χ1n) is 6.01. The molecule has 1 atom stereocenters. The summed E-state index contributed by atoms with van der Waals surface area (Å²) in [6, 6.07) is 8.68. The molecule has 2 aromatic rings. The molecule has 0 spiro atoms. The van der Waals surface area contributed by atoms with Crippen LogP contribution in [0.3, 0.4) is 0 Å². The molecular weight excluding hydrogens is 244 g/mol. The second-order valence-electron chi connectivity index (χ2n) is 4.30. The summed E-state index contributed by atoms with van der Waals surface area (Å²) in [6.07, 6.45) is 2.93. The monoisotopic (exact) mass is 262 g/mol. The summed E-state index contributed by atoms with van der Waals surface area (Å²) in [6.45, 7) is 3.09. The number of ether oxygens (including phenoxy) is 1. The summed E-state index contributed by atoms with van der Waals surface area (Å²) >= 11 is 1.69. The van der Waals surface area contributed by atoms with Gasteiger partial charge in [0.05, 0.1) is 12.6 Å². The van der Waals surface area contributed by atoms with Crippen molar-refractivity contribution in [2.24, 2.45) is 0 Å². The number of hydrogen-bond acceptors (Lipinski definition) is 4. The third-order valence-corrected chi connectivity index (χ3v) is 3.59. The van der Waals surface area contributed by atoms with Gasteiger partial charge in [-0.25, -0.2) is 0 Å². The van der Waals surface area contributed by atoms with Gasteiger partial charge in [-0.05, 0) is 31.0 Å². The Bertz CT molecular complexity index is 453. The average Bonchev–Trinajstić information content (AvgIpc) is 2.90. The molecule has 0 aliphatic heterocycles. The van der Waals surface area contributed by atoms with Gasteiger partial charge in [-0.1, -0.05) is 12.1 Å². The number of methoxy groups -OCH3 is 1. The molecule has 2 rings (SSSR count). The molecule has 0 amide bonds. The SMILES string of the molecule is COc1ccc(CC(C)NCc2cncs2)cc1. The normalized spacial score (nSPS) is 12.3. The van der Waals surface area contributed by atoms with Crippen LogP contribution >= 0.6 is 11.3 Å². The lowest BCUT2D eigenvalue weighted by Gasteiger charge is -2.13. The zero-order valence-electron chi connectivity index (χ0n) is 10.7. The Morgan fingerprint density at radius 2 is 2.11 bits per heavy atom. The Hall–Kier alpha value is -1.39. The highest BCUT2D eigenvalue weighted by Gasteiger charge is 2.04. The smallest absolute Gasteiger partial charge is 0.118 e. The van der Waals surface area contributed by atoms with E-state index in [-0.39, 0.29) is 0 Å². The van der Waals surface area contributed by atoms with Gasteiger partial charge < -0.3 is 10.1 Å². The molecule has 1 aromatic heterocycles. The van der Waals surface area contributed by atoms with Crippen molar-refractivity contribution in [2.75, 3.05) is 7.11 Å². The number of thiazole rings is 1. The maximum atomic E-state index is 5.15. The summed E-state index contributed by atoms with van der Waals surface area (Å²) < 4.78 is 5.15. The first-order chi connectivity index (χ1) is 8.78. The van der Waals surface area contributed by atoms with Crippen molar-refractivity contribution < 1.29 is 4.74 Å². The van der Waals surface area contributed by atoms with E-state index in [2.05, 4.69) is 29.4 Å². The van der Waals surface area contributed by atoms with Crippen molar-refractivity contribution in [3.05, 3.63) is 46.4 Å². The summed E-state index contributed by atoms with van der Waals surface area (Å²) in [5.74, 6) is 0.907. The molecule has 0 saturated heterocycles. The molecular formula is C14H18N2OS. The molecule has 96 valence electrons. The van der Waals surface area contributed by atoms with Gasteiger partial charge in [-0.2, -0.15) is 0 Å². The number of aromatic nitrogens is 1. The van der Waals surface area contributed by atoms with E-state index in [1.807, 2.05) is 23.8 Å². The zero-order chi connectivity index (χ0) is 12.8. The van der Waals surface area contributed by atoms with Crippen LogP contribution in [0, 0.1) is 0 Å². The van der Waals surface area contributed by atoms with Crippen LogP contribution in [-0.4, -0.2) is 18.1 Å². The van der Waals surface area contributed by atoms with Crippen molar-refractivity contribution in [3.63, 3.8) is 0 Å². The molecule has 1 N–H and O–H groups in total. The molecule has 4 heteroatoms. The summed E-state index contributed by atoms with van der Waals surface area (Å²) in [5.41, 5.74) is 3.19. The molecule has 0 aliphatic rings. The second-order valence-corrected chi connectivity index (χ2v) is 5.27. The summed E-state index contributed by atoms with van der Waals surface area (Å²) in [7, 11) is 1.69. The molecule has 0 bridgehead atoms. The highest BCUT2D eigenvalue weighted by atomic mass is 32.1. The van der Waals surface area contributed by atoms with Gasteiger partial charge in [-0.3, -0.25) is 4.98 Å². The molecule has 0 fully saturated rings. The number of nitrogens with one attached hydrogen (secondary N) is 1. The van der Waals surface area contributed by atoms with E-state index in [4.69, 9.17) is 4.74 Å². The Morgan fingerprint density at radius 3 is 2.72 bits per heavy atom. The van der Waals surface area contributed by atoms with Crippen molar-refractivity contribution in [1.82, 2.24) is 10.3 Å². The molecule has 1 aromatic carbocycles. The maximum absolute atomic E-state index is 5.15. The Kier molecular flexibility index (Phi) is 4.73. The predicted molar refractivity (Wildman–Crippen MR) is 75.1 cm³/mol. The van der Waals surface area contributed by atoms with E-state index in [0.717, 1.165) is 18.7 Å². The van der Waals surface area contributed by atoms with Crippen LogP contribution < -0.4 is 10.1 Å². The lowest BCUT2D eigenvalue weighted by Crippen LogP contribution is -2.27. The highest BCUT2D eigenvalue weighted by Crippen LogP contribution is 2.13. The molecule has 18 heavy (non-hydrogen) atoms. The van der Waals surface area contributed by atoms with Gasteiger partial charge in [0.1, 0.15) is 5.75 Å². The average molecular weight is 262 g/mol. The quantitative estimate of drug-likeness (QED) is 0.869. The van der Waals surface area contributed by atoms with E-state index < -0.39 is 0 Å². The Labute approximate surface area is 112 Å². The summed E-state index contributed by atoms with van der Waals surface area (Å²) in [4.78, 5) is 5.34. The second kappa shape index (κ2) is 6.52. The molecule has 1 unspecified atom stereocenters. The fourth-order valence-electron chi connectivity index (χ4n) is 1.79. The number of nitrogens with zero attached hydrogens (tertiary/aromatic N) is 1. The van der Waals surface area contributed by atoms with E-state index in [9.17, 15) is 0 Å². The van der Waals surface area contributed by atoms with Crippen LogP contribution in [0.2, 0.25) is 0 Å². The fourth-order valence-corrected chi connectivity index (χ4v) is 2.34. The third kappa shape index (κ3) is 3.82. The summed E-state index contributed by atoms with van der Waals surface area (Å²) in [5, 5.41) is 3.50. The van der Waals surface area contributed by atoms with E-state index in [1.54, 1.807) is 18.4 Å². The van der Waals surface area contributed by atoms with Crippen LogP contribution in [0.15, 0.2) is 36.0 Å². The van der Waals surface area contributed by atoms with Gasteiger partial charge >= 0.3 is 0 Å². The van der Waals surface area contributed by atoms with Gasteiger partial charge in [0.2, 0.25) is 0 Å². The van der Waals surface area contributed by atoms with Gasteiger partial charge in [0.25, 0.3) is 0 Å². The molecule has 0 aliphatic carbocycles. The topological polar surface area (TPSA) is 34.1 Å². The first kappa shape index (κ1) is 13.1. The minimum absolute atomic E-state index is 0.445.